The number of Topliss-reactive ketones (excluding diaryl/α,β-unsaturated/α-hetero) is 1. The zero-order valence-electron chi connectivity index (χ0n) is 10.9. The highest BCUT2D eigenvalue weighted by molar-refractivity contribution is 5.94. The van der Waals surface area contributed by atoms with Crippen LogP contribution in [0.4, 0.5) is 5.69 Å². The Labute approximate surface area is 103 Å². The van der Waals surface area contributed by atoms with Gasteiger partial charge in [0.1, 0.15) is 0 Å². The summed E-state index contributed by atoms with van der Waals surface area (Å²) in [5, 5.41) is 3.33. The van der Waals surface area contributed by atoms with Crippen molar-refractivity contribution in [2.24, 2.45) is 11.1 Å². The summed E-state index contributed by atoms with van der Waals surface area (Å²) in [6, 6.07) is 7.57. The van der Waals surface area contributed by atoms with Crippen LogP contribution in [0.25, 0.3) is 0 Å². The van der Waals surface area contributed by atoms with Crippen LogP contribution in [0.2, 0.25) is 0 Å². The van der Waals surface area contributed by atoms with E-state index in [0.717, 1.165) is 24.2 Å². The van der Waals surface area contributed by atoms with Gasteiger partial charge in [0.15, 0.2) is 5.78 Å². The molecule has 3 heteroatoms. The Hall–Kier alpha value is -1.35. The summed E-state index contributed by atoms with van der Waals surface area (Å²) in [4.78, 5) is 11.1. The van der Waals surface area contributed by atoms with E-state index >= 15 is 0 Å². The Morgan fingerprint density at radius 2 is 1.88 bits per heavy atom. The molecule has 0 radical (unpaired) electrons. The highest BCUT2D eigenvalue weighted by Gasteiger charge is 2.14. The number of rotatable bonds is 6. The molecule has 0 unspecified atom stereocenters. The van der Waals surface area contributed by atoms with Crippen LogP contribution in [-0.2, 0) is 0 Å². The van der Waals surface area contributed by atoms with Gasteiger partial charge >= 0.3 is 0 Å². The molecule has 0 amide bonds. The minimum absolute atomic E-state index is 0.0980. The van der Waals surface area contributed by atoms with Gasteiger partial charge in [-0.3, -0.25) is 4.79 Å². The molecule has 3 N–H and O–H groups in total. The Kier molecular flexibility index (Phi) is 4.70. The Morgan fingerprint density at radius 1 is 1.29 bits per heavy atom. The van der Waals surface area contributed by atoms with Crippen molar-refractivity contribution in [3.8, 4) is 0 Å². The topological polar surface area (TPSA) is 55.1 Å². The van der Waals surface area contributed by atoms with Crippen LogP contribution in [-0.4, -0.2) is 18.9 Å². The zero-order valence-corrected chi connectivity index (χ0v) is 10.9. The first-order valence-electron chi connectivity index (χ1n) is 5.99. The fourth-order valence-electron chi connectivity index (χ4n) is 1.47. The van der Waals surface area contributed by atoms with Gasteiger partial charge in [0.05, 0.1) is 0 Å². The molecule has 1 aromatic rings. The van der Waals surface area contributed by atoms with E-state index in [-0.39, 0.29) is 11.2 Å². The van der Waals surface area contributed by atoms with E-state index in [9.17, 15) is 4.79 Å². The van der Waals surface area contributed by atoms with E-state index in [4.69, 9.17) is 5.73 Å². The largest absolute Gasteiger partial charge is 0.385 e. The van der Waals surface area contributed by atoms with E-state index in [0.29, 0.717) is 6.54 Å². The number of ketones is 1. The zero-order chi connectivity index (χ0) is 12.9. The average molecular weight is 234 g/mol. The Bertz CT molecular complexity index is 368. The molecule has 0 spiro atoms. The number of nitrogens with two attached hydrogens (primary N) is 1. The van der Waals surface area contributed by atoms with Crippen molar-refractivity contribution >= 4 is 11.5 Å². The van der Waals surface area contributed by atoms with Gasteiger partial charge in [-0.1, -0.05) is 13.8 Å². The molecule has 3 nitrogen and oxygen atoms in total. The fourth-order valence-corrected chi connectivity index (χ4v) is 1.47. The van der Waals surface area contributed by atoms with Gasteiger partial charge in [-0.25, -0.2) is 0 Å². The second kappa shape index (κ2) is 5.82. The van der Waals surface area contributed by atoms with E-state index in [1.807, 2.05) is 24.3 Å². The number of hydrogen-bond donors (Lipinski definition) is 2. The normalized spacial score (nSPS) is 11.3. The molecule has 94 valence electrons. The van der Waals surface area contributed by atoms with Crippen molar-refractivity contribution in [2.45, 2.75) is 27.2 Å². The molecular formula is C14H22N2O. The Morgan fingerprint density at radius 3 is 2.35 bits per heavy atom. The lowest BCUT2D eigenvalue weighted by atomic mass is 9.90. The summed E-state index contributed by atoms with van der Waals surface area (Å²) in [6.45, 7) is 7.48. The standard InChI is InChI=1S/C14H22N2O/c1-11(17)12-4-6-13(7-5-12)16-9-8-14(2,3)10-15/h4-7,16H,8-10,15H2,1-3H3. The molecule has 0 aliphatic heterocycles. The molecule has 0 aromatic heterocycles. The van der Waals surface area contributed by atoms with Gasteiger partial charge in [-0.15, -0.1) is 0 Å². The number of benzene rings is 1. The summed E-state index contributed by atoms with van der Waals surface area (Å²) in [5.41, 5.74) is 7.64. The molecule has 0 aliphatic rings. The monoisotopic (exact) mass is 234 g/mol. The van der Waals surface area contributed by atoms with E-state index in [1.165, 1.54) is 0 Å². The lowest BCUT2D eigenvalue weighted by molar-refractivity contribution is 0.101. The molecule has 0 fully saturated rings. The number of nitrogens with one attached hydrogen (secondary N) is 1. The third-order valence-corrected chi connectivity index (χ3v) is 2.97. The summed E-state index contributed by atoms with van der Waals surface area (Å²) < 4.78 is 0. The lowest BCUT2D eigenvalue weighted by Gasteiger charge is -2.22. The number of carbonyl (C=O) groups is 1. The maximum atomic E-state index is 11.1. The van der Waals surface area contributed by atoms with E-state index < -0.39 is 0 Å². The van der Waals surface area contributed by atoms with Crippen molar-refractivity contribution in [3.05, 3.63) is 29.8 Å². The first kappa shape index (κ1) is 13.7. The number of hydrogen-bond acceptors (Lipinski definition) is 3. The molecule has 0 saturated carbocycles. The molecule has 0 heterocycles. The molecule has 0 aliphatic carbocycles. The van der Waals surface area contributed by atoms with Gasteiger partial charge in [0.25, 0.3) is 0 Å². The number of anilines is 1. The predicted molar refractivity (Wildman–Crippen MR) is 72.4 cm³/mol. The molecule has 1 rings (SSSR count). The highest BCUT2D eigenvalue weighted by atomic mass is 16.1. The van der Waals surface area contributed by atoms with Crippen molar-refractivity contribution in [1.29, 1.82) is 0 Å². The van der Waals surface area contributed by atoms with Crippen LogP contribution in [0.1, 0.15) is 37.6 Å². The molecule has 17 heavy (non-hydrogen) atoms. The molecule has 0 atom stereocenters. The van der Waals surface area contributed by atoms with Gasteiger partial charge in [-0.2, -0.15) is 0 Å². The first-order valence-corrected chi connectivity index (χ1v) is 5.99. The summed E-state index contributed by atoms with van der Waals surface area (Å²) in [7, 11) is 0. The van der Waals surface area contributed by atoms with Crippen LogP contribution in [0.3, 0.4) is 0 Å². The molecule has 1 aromatic carbocycles. The van der Waals surface area contributed by atoms with Crippen LogP contribution in [0, 0.1) is 5.41 Å². The molecule has 0 saturated heterocycles. The van der Waals surface area contributed by atoms with Crippen LogP contribution >= 0.6 is 0 Å². The van der Waals surface area contributed by atoms with E-state index in [2.05, 4.69) is 19.2 Å². The third-order valence-electron chi connectivity index (χ3n) is 2.97. The highest BCUT2D eigenvalue weighted by Crippen LogP contribution is 2.18. The predicted octanol–water partition coefficient (Wildman–Crippen LogP) is 2.68. The average Bonchev–Trinajstić information content (AvgIpc) is 2.29. The van der Waals surface area contributed by atoms with Crippen molar-refractivity contribution in [1.82, 2.24) is 0 Å². The Balaban J connectivity index is 2.45. The summed E-state index contributed by atoms with van der Waals surface area (Å²) in [6.07, 6.45) is 1.03. The summed E-state index contributed by atoms with van der Waals surface area (Å²) in [5.74, 6) is 0.0980. The minimum atomic E-state index is 0.0980. The second-order valence-electron chi connectivity index (χ2n) is 5.18. The second-order valence-corrected chi connectivity index (χ2v) is 5.18. The maximum Gasteiger partial charge on any atom is 0.159 e. The van der Waals surface area contributed by atoms with Crippen molar-refractivity contribution in [3.63, 3.8) is 0 Å². The fraction of sp³-hybridized carbons (Fsp3) is 0.500. The maximum absolute atomic E-state index is 11.1. The first-order chi connectivity index (χ1) is 7.94. The van der Waals surface area contributed by atoms with Gasteiger partial charge in [0, 0.05) is 17.8 Å². The third kappa shape index (κ3) is 4.57. The van der Waals surface area contributed by atoms with Crippen molar-refractivity contribution < 1.29 is 4.79 Å². The van der Waals surface area contributed by atoms with Crippen molar-refractivity contribution in [2.75, 3.05) is 18.4 Å². The minimum Gasteiger partial charge on any atom is -0.385 e. The van der Waals surface area contributed by atoms with Crippen LogP contribution in [0.15, 0.2) is 24.3 Å². The van der Waals surface area contributed by atoms with Crippen LogP contribution in [0.5, 0.6) is 0 Å². The number of carbonyl (C=O) groups excluding carboxylic acids is 1. The quantitative estimate of drug-likeness (QED) is 0.744. The molecular weight excluding hydrogens is 212 g/mol. The summed E-state index contributed by atoms with van der Waals surface area (Å²) >= 11 is 0. The van der Waals surface area contributed by atoms with Gasteiger partial charge in [0.2, 0.25) is 0 Å². The van der Waals surface area contributed by atoms with Gasteiger partial charge in [-0.05, 0) is 49.6 Å². The van der Waals surface area contributed by atoms with Crippen LogP contribution < -0.4 is 11.1 Å². The smallest absolute Gasteiger partial charge is 0.159 e. The van der Waals surface area contributed by atoms with Gasteiger partial charge < -0.3 is 11.1 Å². The molecule has 0 bridgehead atoms. The SMILES string of the molecule is CC(=O)c1ccc(NCCC(C)(C)CN)cc1. The van der Waals surface area contributed by atoms with E-state index in [1.54, 1.807) is 6.92 Å². The lowest BCUT2D eigenvalue weighted by Crippen LogP contribution is -2.26.